The molecule has 1 aliphatic rings. The van der Waals surface area contributed by atoms with E-state index in [1.54, 1.807) is 12.1 Å². The first-order chi connectivity index (χ1) is 9.53. The maximum Gasteiger partial charge on any atom is 0.573 e. The molecule has 0 unspecified atom stereocenters. The molecule has 1 aromatic rings. The van der Waals surface area contributed by atoms with E-state index in [0.29, 0.717) is 0 Å². The molecule has 2 rings (SSSR count). The van der Waals surface area contributed by atoms with Crippen LogP contribution in [0.3, 0.4) is 0 Å². The number of nitrogens with zero attached hydrogens (tertiary/aromatic N) is 1. The Morgan fingerprint density at radius 1 is 1.10 bits per heavy atom. The van der Waals surface area contributed by atoms with Gasteiger partial charge >= 0.3 is 6.36 Å². The Bertz CT molecular complexity index is 400. The van der Waals surface area contributed by atoms with Gasteiger partial charge in [-0.1, -0.05) is 0 Å². The van der Waals surface area contributed by atoms with Crippen molar-refractivity contribution in [2.45, 2.75) is 25.6 Å². The van der Waals surface area contributed by atoms with Crippen LogP contribution in [0.25, 0.3) is 0 Å². The Morgan fingerprint density at radius 3 is 2.35 bits per heavy atom. The number of anilines is 1. The molecular weight excluding hydrogens is 269 g/mol. The topological polar surface area (TPSA) is 24.5 Å². The summed E-state index contributed by atoms with van der Waals surface area (Å²) in [5, 5.41) is 3.20. The van der Waals surface area contributed by atoms with Crippen LogP contribution in [0.1, 0.15) is 19.3 Å². The summed E-state index contributed by atoms with van der Waals surface area (Å²) in [6, 6.07) is 5.82. The van der Waals surface area contributed by atoms with Gasteiger partial charge in [0.2, 0.25) is 0 Å². The summed E-state index contributed by atoms with van der Waals surface area (Å²) in [6.45, 7) is 4.26. The first-order valence-electron chi connectivity index (χ1n) is 6.85. The van der Waals surface area contributed by atoms with E-state index in [1.807, 2.05) is 0 Å². The fraction of sp³-hybridized carbons (Fsp3) is 0.571. The van der Waals surface area contributed by atoms with E-state index in [1.165, 1.54) is 38.1 Å². The molecule has 1 aromatic carbocycles. The minimum absolute atomic E-state index is 0.194. The Morgan fingerprint density at radius 2 is 1.75 bits per heavy atom. The number of ether oxygens (including phenoxy) is 1. The zero-order valence-electron chi connectivity index (χ0n) is 11.2. The standard InChI is InChI=1S/C14H19F3N2O/c15-14(16,17)20-13-6-4-12(5-7-13)18-8-3-11-19-9-1-2-10-19/h4-7,18H,1-3,8-11H2. The van der Waals surface area contributed by atoms with Gasteiger partial charge in [-0.15, -0.1) is 13.2 Å². The third-order valence-corrected chi connectivity index (χ3v) is 3.27. The Labute approximate surface area is 116 Å². The Kier molecular flexibility index (Phi) is 5.11. The molecule has 0 amide bonds. The number of likely N-dealkylation sites (tertiary alicyclic amines) is 1. The van der Waals surface area contributed by atoms with Crippen LogP contribution < -0.4 is 10.1 Å². The number of rotatable bonds is 6. The molecule has 0 aliphatic carbocycles. The van der Waals surface area contributed by atoms with Crippen molar-refractivity contribution in [1.29, 1.82) is 0 Å². The number of hydrogen-bond donors (Lipinski definition) is 1. The molecular formula is C14H19F3N2O. The molecule has 0 bridgehead atoms. The summed E-state index contributed by atoms with van der Waals surface area (Å²) in [5.74, 6) is -0.194. The predicted octanol–water partition coefficient (Wildman–Crippen LogP) is 3.48. The molecule has 3 nitrogen and oxygen atoms in total. The van der Waals surface area contributed by atoms with Gasteiger partial charge in [0.25, 0.3) is 0 Å². The zero-order valence-corrected chi connectivity index (χ0v) is 11.2. The first kappa shape index (κ1) is 15.0. The van der Waals surface area contributed by atoms with Crippen molar-refractivity contribution in [1.82, 2.24) is 4.90 Å². The van der Waals surface area contributed by atoms with Gasteiger partial charge in [0.15, 0.2) is 0 Å². The van der Waals surface area contributed by atoms with Gasteiger partial charge in [-0.25, -0.2) is 0 Å². The summed E-state index contributed by atoms with van der Waals surface area (Å²) in [7, 11) is 0. The fourth-order valence-corrected chi connectivity index (χ4v) is 2.32. The molecule has 1 heterocycles. The highest BCUT2D eigenvalue weighted by atomic mass is 19.4. The van der Waals surface area contributed by atoms with Gasteiger partial charge in [0, 0.05) is 12.2 Å². The van der Waals surface area contributed by atoms with Gasteiger partial charge in [0.05, 0.1) is 0 Å². The highest BCUT2D eigenvalue weighted by molar-refractivity contribution is 5.46. The zero-order chi connectivity index (χ0) is 14.4. The molecule has 1 fully saturated rings. The highest BCUT2D eigenvalue weighted by Crippen LogP contribution is 2.23. The van der Waals surface area contributed by atoms with Gasteiger partial charge in [-0.3, -0.25) is 0 Å². The van der Waals surface area contributed by atoms with Crippen LogP contribution in [0.15, 0.2) is 24.3 Å². The normalized spacial score (nSPS) is 16.4. The van der Waals surface area contributed by atoms with Crippen LogP contribution in [-0.4, -0.2) is 37.4 Å². The van der Waals surface area contributed by atoms with E-state index in [-0.39, 0.29) is 5.75 Å². The number of benzene rings is 1. The maximum atomic E-state index is 12.0. The quantitative estimate of drug-likeness (QED) is 0.811. The second kappa shape index (κ2) is 6.83. The molecule has 1 aliphatic heterocycles. The maximum absolute atomic E-state index is 12.0. The van der Waals surface area contributed by atoms with E-state index < -0.39 is 6.36 Å². The molecule has 0 saturated carbocycles. The van der Waals surface area contributed by atoms with Crippen LogP contribution in [0.5, 0.6) is 5.75 Å². The van der Waals surface area contributed by atoms with E-state index in [9.17, 15) is 13.2 Å². The Hall–Kier alpha value is -1.43. The summed E-state index contributed by atoms with van der Waals surface area (Å²) in [5.41, 5.74) is 0.806. The van der Waals surface area contributed by atoms with Crippen LogP contribution in [-0.2, 0) is 0 Å². The smallest absolute Gasteiger partial charge is 0.406 e. The lowest BCUT2D eigenvalue weighted by Crippen LogP contribution is -2.22. The van der Waals surface area contributed by atoms with Crippen molar-refractivity contribution in [3.63, 3.8) is 0 Å². The van der Waals surface area contributed by atoms with Crippen LogP contribution in [0, 0.1) is 0 Å². The number of hydrogen-bond acceptors (Lipinski definition) is 3. The van der Waals surface area contributed by atoms with E-state index in [2.05, 4.69) is 15.0 Å². The van der Waals surface area contributed by atoms with Gasteiger partial charge in [-0.05, 0) is 63.2 Å². The molecule has 0 aromatic heterocycles. The number of halogens is 3. The second-order valence-corrected chi connectivity index (χ2v) is 4.90. The van der Waals surface area contributed by atoms with Crippen molar-refractivity contribution < 1.29 is 17.9 Å². The molecule has 20 heavy (non-hydrogen) atoms. The average molecular weight is 288 g/mol. The lowest BCUT2D eigenvalue weighted by Gasteiger charge is -2.15. The van der Waals surface area contributed by atoms with Gasteiger partial charge < -0.3 is 15.0 Å². The van der Waals surface area contributed by atoms with E-state index in [0.717, 1.165) is 25.2 Å². The van der Waals surface area contributed by atoms with E-state index in [4.69, 9.17) is 0 Å². The predicted molar refractivity (Wildman–Crippen MR) is 71.9 cm³/mol. The van der Waals surface area contributed by atoms with Crippen LogP contribution in [0.2, 0.25) is 0 Å². The van der Waals surface area contributed by atoms with Gasteiger partial charge in [0.1, 0.15) is 5.75 Å². The van der Waals surface area contributed by atoms with Crippen molar-refractivity contribution in [2.75, 3.05) is 31.5 Å². The summed E-state index contributed by atoms with van der Waals surface area (Å²) < 4.78 is 39.8. The van der Waals surface area contributed by atoms with Crippen molar-refractivity contribution in [2.24, 2.45) is 0 Å². The van der Waals surface area contributed by atoms with Crippen molar-refractivity contribution in [3.05, 3.63) is 24.3 Å². The molecule has 0 spiro atoms. The SMILES string of the molecule is FC(F)(F)Oc1ccc(NCCCN2CCCC2)cc1. The highest BCUT2D eigenvalue weighted by Gasteiger charge is 2.30. The minimum atomic E-state index is -4.63. The fourth-order valence-electron chi connectivity index (χ4n) is 2.32. The van der Waals surface area contributed by atoms with Crippen molar-refractivity contribution in [3.8, 4) is 5.75 Å². The number of alkyl halides is 3. The first-order valence-corrected chi connectivity index (χ1v) is 6.85. The van der Waals surface area contributed by atoms with Crippen molar-refractivity contribution >= 4 is 5.69 Å². The molecule has 1 N–H and O–H groups in total. The van der Waals surface area contributed by atoms with Crippen LogP contribution >= 0.6 is 0 Å². The molecule has 112 valence electrons. The molecule has 0 atom stereocenters. The number of nitrogens with one attached hydrogen (secondary N) is 1. The third-order valence-electron chi connectivity index (χ3n) is 3.27. The second-order valence-electron chi connectivity index (χ2n) is 4.90. The monoisotopic (exact) mass is 288 g/mol. The summed E-state index contributed by atoms with van der Waals surface area (Å²) in [4.78, 5) is 2.43. The Balaban J connectivity index is 1.68. The lowest BCUT2D eigenvalue weighted by molar-refractivity contribution is -0.274. The molecule has 6 heteroatoms. The molecule has 1 saturated heterocycles. The van der Waals surface area contributed by atoms with Gasteiger partial charge in [-0.2, -0.15) is 0 Å². The summed E-state index contributed by atoms with van der Waals surface area (Å²) >= 11 is 0. The largest absolute Gasteiger partial charge is 0.573 e. The van der Waals surface area contributed by atoms with E-state index >= 15 is 0 Å². The third kappa shape index (κ3) is 5.28. The lowest BCUT2D eigenvalue weighted by atomic mass is 10.3. The minimum Gasteiger partial charge on any atom is -0.406 e. The van der Waals surface area contributed by atoms with Crippen LogP contribution in [0.4, 0.5) is 18.9 Å². The average Bonchev–Trinajstić information content (AvgIpc) is 2.88. The summed E-state index contributed by atoms with van der Waals surface area (Å²) in [6.07, 6.45) is -1.03. The molecule has 0 radical (unpaired) electrons.